The minimum absolute atomic E-state index is 0.0495. The Kier molecular flexibility index (Phi) is 1.33. The molecule has 0 heterocycles. The Hall–Kier alpha value is -1.80. The molecule has 0 aliphatic rings. The summed E-state index contributed by atoms with van der Waals surface area (Å²) in [5.41, 5.74) is -1.37. The first-order valence-corrected chi connectivity index (χ1v) is 5.24. The zero-order valence-corrected chi connectivity index (χ0v) is 9.99. The fraction of sp³-hybridized carbons (Fsp3) is 0.294. The van der Waals surface area contributed by atoms with Crippen LogP contribution in [0.2, 0.25) is 0 Å². The fourth-order valence-corrected chi connectivity index (χ4v) is 1.12. The number of hydrogen-bond acceptors (Lipinski definition) is 1. The van der Waals surface area contributed by atoms with Crippen LogP contribution in [-0.2, 0) is 0 Å². The van der Waals surface area contributed by atoms with Crippen LogP contribution in [0.3, 0.4) is 0 Å². The maximum Gasteiger partial charge on any atom is 0.129 e. The van der Waals surface area contributed by atoms with E-state index in [0.717, 1.165) is 0 Å². The third-order valence-electron chi connectivity index (χ3n) is 1.92. The van der Waals surface area contributed by atoms with E-state index in [-0.39, 0.29) is 10.9 Å². The van der Waals surface area contributed by atoms with E-state index in [0.29, 0.717) is 0 Å². The summed E-state index contributed by atoms with van der Waals surface area (Å²) < 4.78 is 142. The van der Waals surface area contributed by atoms with Crippen LogP contribution in [0.5, 0.6) is 5.75 Å². The van der Waals surface area contributed by atoms with Gasteiger partial charge in [0.2, 0.25) is 0 Å². The molecule has 2 aromatic carbocycles. The van der Waals surface area contributed by atoms with Crippen LogP contribution in [0.4, 0.5) is 0 Å². The molecule has 0 spiro atoms. The van der Waals surface area contributed by atoms with Gasteiger partial charge in [-0.15, -0.1) is 0 Å². The first-order chi connectivity index (χ1) is 16.0. The van der Waals surface area contributed by atoms with Gasteiger partial charge in [0.15, 0.2) is 0 Å². The zero-order valence-electron chi connectivity index (χ0n) is 27.0. The van der Waals surface area contributed by atoms with Crippen molar-refractivity contribution in [3.8, 4) is 5.75 Å². The first kappa shape index (κ1) is 3.64. The molecule has 0 bridgehead atoms. The highest BCUT2D eigenvalue weighted by Crippen LogP contribution is 2.24. The molecule has 0 saturated heterocycles. The summed E-state index contributed by atoms with van der Waals surface area (Å²) in [6.45, 7) is -5.52. The highest BCUT2D eigenvalue weighted by molar-refractivity contribution is 5.28. The normalized spacial score (nSPS) is 28.8. The van der Waals surface area contributed by atoms with Gasteiger partial charge >= 0.3 is 0 Å². The summed E-state index contributed by atoms with van der Waals surface area (Å²) in [4.78, 5) is 0. The Balaban J connectivity index is 3.05. The molecule has 2 heteroatoms. The average molecular weight is 273 g/mol. The summed E-state index contributed by atoms with van der Waals surface area (Å²) in [5, 5.41) is -0.0495. The fourth-order valence-electron chi connectivity index (χ4n) is 1.12. The largest absolute Gasteiger partial charge is 0.486 e. The molecular formula is C17H22NO+. The number of quaternary nitrogens is 1. The van der Waals surface area contributed by atoms with Crippen molar-refractivity contribution >= 4 is 0 Å². The van der Waals surface area contributed by atoms with Crippen molar-refractivity contribution < 1.29 is 33.4 Å². The van der Waals surface area contributed by atoms with Crippen LogP contribution < -0.4 is 10.1 Å². The van der Waals surface area contributed by atoms with Gasteiger partial charge in [0.25, 0.3) is 0 Å². The molecule has 0 aromatic heterocycles. The predicted octanol–water partition coefficient (Wildman–Crippen LogP) is 2.70. The summed E-state index contributed by atoms with van der Waals surface area (Å²) in [6, 6.07) is -8.45. The van der Waals surface area contributed by atoms with Gasteiger partial charge in [-0.25, -0.2) is 0 Å². The zero-order chi connectivity index (χ0) is 28.3. The van der Waals surface area contributed by atoms with E-state index in [1.54, 1.807) is 0 Å². The minimum atomic E-state index is -3.85. The van der Waals surface area contributed by atoms with Crippen molar-refractivity contribution in [1.82, 2.24) is 0 Å². The van der Waals surface area contributed by atoms with E-state index >= 15 is 0 Å². The monoisotopic (exact) mass is 273 g/mol. The quantitative estimate of drug-likeness (QED) is 0.860. The Bertz CT molecular complexity index is 1150. The van der Waals surface area contributed by atoms with E-state index in [9.17, 15) is 0 Å². The molecule has 0 radical (unpaired) electrons. The molecule has 1 atom stereocenters. The third kappa shape index (κ3) is 4.11. The second-order valence-corrected chi connectivity index (χ2v) is 3.30. The van der Waals surface area contributed by atoms with E-state index in [4.69, 9.17) is 28.0 Å². The van der Waals surface area contributed by atoms with Crippen molar-refractivity contribution in [1.29, 1.82) is 0 Å². The molecule has 2 aromatic rings. The molecule has 0 aliphatic carbocycles. The van der Waals surface area contributed by atoms with Crippen LogP contribution in [0.1, 0.15) is 46.9 Å². The molecule has 0 aliphatic heterocycles. The van der Waals surface area contributed by atoms with E-state index in [1.807, 2.05) is 0 Å². The van der Waals surface area contributed by atoms with E-state index in [2.05, 4.69) is 0 Å². The lowest BCUT2D eigenvalue weighted by Gasteiger charge is -2.19. The SMILES string of the molecule is [2H]c1c([2H])c([2H])c(C([2H])(Oc2c([2H])c([2H])c(C)c([2H])c2[2H])C([2H])([2H])C([2H])([2H])[NH2+]C([2H])([2H])[2H])c([2H])c1[2H]. The van der Waals surface area contributed by atoms with Gasteiger partial charge in [-0.3, -0.25) is 0 Å². The summed E-state index contributed by atoms with van der Waals surface area (Å²) >= 11 is 0. The Labute approximate surface area is 139 Å². The lowest BCUT2D eigenvalue weighted by Crippen LogP contribution is -2.79. The molecule has 19 heavy (non-hydrogen) atoms. The Morgan fingerprint density at radius 1 is 1.26 bits per heavy atom. The van der Waals surface area contributed by atoms with Gasteiger partial charge < -0.3 is 10.1 Å². The highest BCUT2D eigenvalue weighted by Gasteiger charge is 2.13. The molecular weight excluding hydrogens is 234 g/mol. The smallest absolute Gasteiger partial charge is 0.129 e. The van der Waals surface area contributed by atoms with Crippen molar-refractivity contribution in [3.63, 3.8) is 0 Å². The van der Waals surface area contributed by atoms with E-state index in [1.165, 1.54) is 6.92 Å². The molecule has 1 unspecified atom stereocenters. The van der Waals surface area contributed by atoms with Crippen LogP contribution >= 0.6 is 0 Å². The van der Waals surface area contributed by atoms with Gasteiger partial charge in [-0.05, 0) is 24.6 Å². The van der Waals surface area contributed by atoms with Crippen LogP contribution in [0.15, 0.2) is 54.4 Å². The van der Waals surface area contributed by atoms with Crippen molar-refractivity contribution in [2.75, 3.05) is 13.5 Å². The van der Waals surface area contributed by atoms with Crippen molar-refractivity contribution in [2.24, 2.45) is 0 Å². The summed E-state index contributed by atoms with van der Waals surface area (Å²) in [6.07, 6.45) is -7.57. The summed E-state index contributed by atoms with van der Waals surface area (Å²) in [5.74, 6) is -1.06. The Morgan fingerprint density at radius 3 is 2.68 bits per heavy atom. The number of ether oxygens (including phenoxy) is 1. The van der Waals surface area contributed by atoms with Gasteiger partial charge in [0.1, 0.15) is 11.8 Å². The molecule has 2 N–H and O–H groups in total. The number of rotatable bonds is 6. The molecule has 0 fully saturated rings. The van der Waals surface area contributed by atoms with Gasteiger partial charge in [-0.2, -0.15) is 0 Å². The maximum absolute atomic E-state index is 8.90. The average Bonchev–Trinajstić information content (AvgIpc) is 2.74. The maximum atomic E-state index is 8.90. The molecule has 0 amide bonds. The molecule has 2 nitrogen and oxygen atoms in total. The highest BCUT2D eigenvalue weighted by atomic mass is 16.5. The molecule has 2 rings (SSSR count). The van der Waals surface area contributed by atoms with Gasteiger partial charge in [-0.1, -0.05) is 47.9 Å². The number of benzene rings is 2. The van der Waals surface area contributed by atoms with Crippen LogP contribution in [-0.4, -0.2) is 13.5 Å². The van der Waals surface area contributed by atoms with Crippen LogP contribution in [0.25, 0.3) is 0 Å². The summed E-state index contributed by atoms with van der Waals surface area (Å²) in [7, 11) is 0. The number of nitrogens with two attached hydrogens (primary N) is 1. The van der Waals surface area contributed by atoms with E-state index < -0.39 is 91.6 Å². The lowest BCUT2D eigenvalue weighted by atomic mass is 10.1. The third-order valence-corrected chi connectivity index (χ3v) is 1.92. The Morgan fingerprint density at radius 2 is 2.00 bits per heavy atom. The van der Waals surface area contributed by atoms with Gasteiger partial charge in [0, 0.05) is 9.11 Å². The molecule has 100 valence electrons. The standard InChI is InChI=1S/C17H21NO/c1-14-8-10-16(11-9-14)19-17(12-13-18-2)15-6-4-3-5-7-15/h3-11,17-18H,12-13H2,1-2H3/p+1/i2D3,3D,4D,5D,6D,7D,8D,9D,10D,11D,12D2,13D2,17D. The second-order valence-electron chi connectivity index (χ2n) is 3.30. The number of hydrogen-bond donors (Lipinski definition) is 1. The second kappa shape index (κ2) is 6.95. The van der Waals surface area contributed by atoms with Crippen molar-refractivity contribution in [2.45, 2.75) is 19.4 Å². The predicted molar refractivity (Wildman–Crippen MR) is 78.3 cm³/mol. The molecule has 0 saturated carbocycles. The topological polar surface area (TPSA) is 25.8 Å². The van der Waals surface area contributed by atoms with Crippen LogP contribution in [0, 0.1) is 6.92 Å². The first-order valence-electron chi connectivity index (χ1n) is 13.7. The minimum Gasteiger partial charge on any atom is -0.486 e. The van der Waals surface area contributed by atoms with Crippen molar-refractivity contribution in [3.05, 3.63) is 65.5 Å². The van der Waals surface area contributed by atoms with Gasteiger partial charge in [0.05, 0.1) is 34.0 Å². The lowest BCUT2D eigenvalue weighted by molar-refractivity contribution is -0.628.